The second-order valence-corrected chi connectivity index (χ2v) is 6.56. The third-order valence-electron chi connectivity index (χ3n) is 4.82. The molecule has 2 heterocycles. The molecule has 0 aromatic heterocycles. The first-order valence-electron chi connectivity index (χ1n) is 7.71. The fourth-order valence-electron chi connectivity index (χ4n) is 3.33. The first-order valence-corrected chi connectivity index (χ1v) is 7.71. The lowest BCUT2D eigenvalue weighted by Gasteiger charge is -2.49. The van der Waals surface area contributed by atoms with Crippen LogP contribution in [-0.2, 0) is 15.2 Å². The van der Waals surface area contributed by atoms with Crippen LogP contribution in [0.2, 0.25) is 0 Å². The number of rotatable bonds is 2. The number of hydrogen-bond acceptors (Lipinski definition) is 14. The van der Waals surface area contributed by atoms with Crippen LogP contribution in [0.3, 0.4) is 0 Å². The molecule has 2 unspecified atom stereocenters. The number of benzene rings is 1. The molecule has 2 radical (unpaired) electrons. The number of anilines is 1. The van der Waals surface area contributed by atoms with Gasteiger partial charge in [-0.1, -0.05) is 0 Å². The van der Waals surface area contributed by atoms with Crippen molar-refractivity contribution in [3.8, 4) is 11.5 Å². The number of amides is 3. The Labute approximate surface area is 169 Å². The number of carbonyl (C=O) groups excluding carboxylic acids is 3. The van der Waals surface area contributed by atoms with E-state index in [0.717, 1.165) is 0 Å². The van der Waals surface area contributed by atoms with Crippen molar-refractivity contribution in [1.82, 2.24) is 9.96 Å². The molecule has 0 bridgehead atoms. The van der Waals surface area contributed by atoms with Gasteiger partial charge >= 0.3 is 11.7 Å². The van der Waals surface area contributed by atoms with E-state index in [-0.39, 0.29) is 0 Å². The maximum Gasteiger partial charge on any atom is 0.319 e. The highest BCUT2D eigenvalue weighted by atomic mass is 19.1. The van der Waals surface area contributed by atoms with E-state index in [2.05, 4.69) is 0 Å². The molecule has 2 atom stereocenters. The molecule has 1 fully saturated rings. The number of phenols is 2. The summed E-state index contributed by atoms with van der Waals surface area (Å²) >= 11 is 0. The molecule has 10 N–H and O–H groups in total. The predicted molar refractivity (Wildman–Crippen MR) is 83.4 cm³/mol. The zero-order chi connectivity index (χ0) is 24.0. The molecule has 16 nitrogen and oxygen atoms in total. The van der Waals surface area contributed by atoms with Gasteiger partial charge < -0.3 is 35.7 Å². The first-order chi connectivity index (χ1) is 13.9. The third-order valence-corrected chi connectivity index (χ3v) is 4.82. The molecule has 166 valence electrons. The van der Waals surface area contributed by atoms with Crippen molar-refractivity contribution in [3.05, 3.63) is 16.9 Å². The fourth-order valence-corrected chi connectivity index (χ4v) is 3.33. The molecule has 0 aliphatic carbocycles. The summed E-state index contributed by atoms with van der Waals surface area (Å²) in [5, 5.41) is 95.7. The highest BCUT2D eigenvalue weighted by Crippen LogP contribution is 2.52. The molecule has 3 rings (SSSR count). The first kappa shape index (κ1) is 22.6. The zero-order valence-corrected chi connectivity index (χ0v) is 14.6. The summed E-state index contributed by atoms with van der Waals surface area (Å²) in [7, 11) is 5.48. The average Bonchev–Trinajstić information content (AvgIpc) is 2.84. The minimum atomic E-state index is -4.40. The van der Waals surface area contributed by atoms with Crippen molar-refractivity contribution in [2.45, 2.75) is 23.2 Å². The van der Waals surface area contributed by atoms with Gasteiger partial charge in [-0.15, -0.1) is 10.3 Å². The summed E-state index contributed by atoms with van der Waals surface area (Å²) in [4.78, 5) is 36.2. The van der Waals surface area contributed by atoms with Gasteiger partial charge in [0.2, 0.25) is 5.82 Å². The molecule has 0 saturated carbocycles. The lowest BCUT2D eigenvalue weighted by Crippen LogP contribution is -2.80. The molecule has 31 heavy (non-hydrogen) atoms. The number of fused-ring (bicyclic) bond motifs is 1. The molecule has 2 aliphatic heterocycles. The zero-order valence-electron chi connectivity index (χ0n) is 14.6. The smallest absolute Gasteiger partial charge is 0.319 e. The predicted octanol–water partition coefficient (Wildman–Crippen LogP) is -4.96. The van der Waals surface area contributed by atoms with Gasteiger partial charge in [-0.3, -0.25) is 34.9 Å². The van der Waals surface area contributed by atoms with Gasteiger partial charge in [-0.25, -0.2) is 0 Å². The number of aliphatic hydroxyl groups is 5. The van der Waals surface area contributed by atoms with Crippen molar-refractivity contribution >= 4 is 31.3 Å². The standard InChI is InChI=1S/C13H11BFN3O13/c14-13(28)2-1(5(19)3(15)6(20)4(2)18(30)31)8(21)16(13)7-9(22)17(29)10(23)12(26,27)11(7,24)25/h7,19-20,24-31H. The van der Waals surface area contributed by atoms with Crippen LogP contribution < -0.4 is 5.23 Å². The van der Waals surface area contributed by atoms with E-state index in [1.807, 2.05) is 0 Å². The summed E-state index contributed by atoms with van der Waals surface area (Å²) in [6.07, 6.45) is 0. The minimum Gasteiger partial charge on any atom is -0.504 e. The quantitative estimate of drug-likeness (QED) is 0.0670. The maximum absolute atomic E-state index is 14.1. The van der Waals surface area contributed by atoms with Crippen molar-refractivity contribution in [2.24, 2.45) is 0 Å². The number of hydroxylamine groups is 2. The second kappa shape index (κ2) is 6.21. The van der Waals surface area contributed by atoms with E-state index in [0.29, 0.717) is 0 Å². The SMILES string of the molecule is [B]C1(O)c2c(c(O)c(F)c(O)c2N(O)O)C(=O)N1C1C(=O)N(O)C(=O)C(O)(O)C1(O)O. The van der Waals surface area contributed by atoms with Crippen LogP contribution in [-0.4, -0.2) is 105 Å². The Hall–Kier alpha value is -3.10. The van der Waals surface area contributed by atoms with E-state index >= 15 is 0 Å². The van der Waals surface area contributed by atoms with Gasteiger partial charge in [-0.05, 0) is 0 Å². The van der Waals surface area contributed by atoms with Crippen molar-refractivity contribution < 1.29 is 70.1 Å². The van der Waals surface area contributed by atoms with Crippen LogP contribution in [0.4, 0.5) is 10.1 Å². The van der Waals surface area contributed by atoms with Crippen LogP contribution in [0, 0.1) is 5.82 Å². The van der Waals surface area contributed by atoms with Crippen LogP contribution >= 0.6 is 0 Å². The Morgan fingerprint density at radius 3 is 2.00 bits per heavy atom. The molecule has 1 aromatic rings. The van der Waals surface area contributed by atoms with Crippen molar-refractivity contribution in [1.29, 1.82) is 0 Å². The topological polar surface area (TPSA) is 263 Å². The van der Waals surface area contributed by atoms with E-state index in [4.69, 9.17) is 7.85 Å². The molecular weight excluding hydrogens is 436 g/mol. The van der Waals surface area contributed by atoms with E-state index in [1.165, 1.54) is 0 Å². The van der Waals surface area contributed by atoms with Crippen molar-refractivity contribution in [3.63, 3.8) is 0 Å². The number of phenolic OH excluding ortho intramolecular Hbond substituents is 2. The summed E-state index contributed by atoms with van der Waals surface area (Å²) < 4.78 is 14.1. The van der Waals surface area contributed by atoms with Crippen LogP contribution in [0.25, 0.3) is 0 Å². The molecule has 3 amide bonds. The Bertz CT molecular complexity index is 1040. The van der Waals surface area contributed by atoms with Gasteiger partial charge in [0.1, 0.15) is 11.3 Å². The van der Waals surface area contributed by atoms with Gasteiger partial charge in [0.15, 0.2) is 25.4 Å². The number of aromatic hydroxyl groups is 2. The van der Waals surface area contributed by atoms with E-state index in [1.54, 1.807) is 0 Å². The van der Waals surface area contributed by atoms with Gasteiger partial charge in [-0.2, -0.15) is 4.39 Å². The number of hydrogen-bond donors (Lipinski definition) is 10. The Balaban J connectivity index is 2.35. The summed E-state index contributed by atoms with van der Waals surface area (Å²) in [6, 6.07) is -3.25. The minimum absolute atomic E-state index is 0.553. The van der Waals surface area contributed by atoms with E-state index < -0.39 is 90.3 Å². The van der Waals surface area contributed by atoms with Gasteiger partial charge in [0.05, 0.1) is 5.56 Å². The lowest BCUT2D eigenvalue weighted by molar-refractivity contribution is -0.374. The molecule has 1 aromatic carbocycles. The molecule has 0 spiro atoms. The second-order valence-electron chi connectivity index (χ2n) is 6.56. The molecule has 18 heteroatoms. The Morgan fingerprint density at radius 1 is 1.00 bits per heavy atom. The summed E-state index contributed by atoms with van der Waals surface area (Å²) in [5.41, 5.74) is -8.10. The number of nitrogens with zero attached hydrogens (tertiary/aromatic N) is 3. The molecule has 1 saturated heterocycles. The third kappa shape index (κ3) is 2.49. The fraction of sp³-hybridized carbons (Fsp3) is 0.308. The molecule has 2 aliphatic rings. The largest absolute Gasteiger partial charge is 0.504 e. The Morgan fingerprint density at radius 2 is 1.52 bits per heavy atom. The average molecular weight is 447 g/mol. The summed E-state index contributed by atoms with van der Waals surface area (Å²) in [6.45, 7) is 0. The number of piperidine rings is 1. The molecular formula is C13H11BFN3O13. The van der Waals surface area contributed by atoms with Crippen molar-refractivity contribution in [2.75, 3.05) is 5.23 Å². The summed E-state index contributed by atoms with van der Waals surface area (Å²) in [5.74, 6) is -21.0. The maximum atomic E-state index is 14.1. The van der Waals surface area contributed by atoms with Gasteiger partial charge in [0.25, 0.3) is 17.6 Å². The van der Waals surface area contributed by atoms with Gasteiger partial charge in [0, 0.05) is 5.56 Å². The number of imide groups is 1. The normalized spacial score (nSPS) is 27.0. The lowest BCUT2D eigenvalue weighted by atomic mass is 9.80. The number of carbonyl (C=O) groups is 3. The van der Waals surface area contributed by atoms with E-state index in [9.17, 15) is 70.1 Å². The van der Waals surface area contributed by atoms with Crippen LogP contribution in [0.15, 0.2) is 0 Å². The number of halogens is 1. The highest BCUT2D eigenvalue weighted by molar-refractivity contribution is 6.23. The van der Waals surface area contributed by atoms with Crippen LogP contribution in [0.1, 0.15) is 15.9 Å². The monoisotopic (exact) mass is 447 g/mol. The Kier molecular flexibility index (Phi) is 4.53. The van der Waals surface area contributed by atoms with Crippen LogP contribution in [0.5, 0.6) is 11.5 Å². The highest BCUT2D eigenvalue weighted by Gasteiger charge is 2.72.